The molecule has 10 nitrogen and oxygen atoms in total. The number of fused-ring (bicyclic) bond motifs is 1. The molecule has 1 aliphatic heterocycles. The van der Waals surface area contributed by atoms with Gasteiger partial charge in [-0.25, -0.2) is 13.2 Å². The number of hydrogen-bond acceptors (Lipinski definition) is 6. The topological polar surface area (TPSA) is 131 Å². The summed E-state index contributed by atoms with van der Waals surface area (Å²) in [6.07, 6.45) is 2.14. The number of aromatic nitrogens is 1. The van der Waals surface area contributed by atoms with Gasteiger partial charge in [0.2, 0.25) is 15.9 Å². The molecule has 0 radical (unpaired) electrons. The molecule has 0 spiro atoms. The molecular weight excluding hydrogens is 448 g/mol. The van der Waals surface area contributed by atoms with Gasteiger partial charge in [0.15, 0.2) is 5.58 Å². The Morgan fingerprint density at radius 2 is 1.67 bits per heavy atom. The number of nitrogens with zero attached hydrogens (tertiary/aromatic N) is 2. The maximum absolute atomic E-state index is 12.6. The predicted octanol–water partition coefficient (Wildman–Crippen LogP) is 1.62. The van der Waals surface area contributed by atoms with Crippen LogP contribution >= 0.6 is 0 Å². The highest BCUT2D eigenvalue weighted by atomic mass is 32.2. The largest absolute Gasteiger partial charge is 0.419 e. The molecule has 3 aromatic rings. The van der Waals surface area contributed by atoms with Crippen LogP contribution in [0.2, 0.25) is 0 Å². The first-order valence-electron chi connectivity index (χ1n) is 10.6. The third kappa shape index (κ3) is 4.99. The average molecular weight is 473 g/mol. The fourth-order valence-electron chi connectivity index (χ4n) is 3.74. The zero-order valence-electron chi connectivity index (χ0n) is 17.8. The fourth-order valence-corrected chi connectivity index (χ4v) is 5.26. The molecule has 1 saturated heterocycles. The Bertz CT molecular complexity index is 1320. The molecule has 33 heavy (non-hydrogen) atoms. The van der Waals surface area contributed by atoms with Crippen LogP contribution in [0.15, 0.2) is 62.6 Å². The SMILES string of the molecule is O=C(CCCn1c(=O)oc2ccccc21)NNC(=O)c1ccc(S(=O)(=O)N2CCCC2)cc1. The first kappa shape index (κ1) is 22.7. The summed E-state index contributed by atoms with van der Waals surface area (Å²) in [7, 11) is -3.55. The molecule has 1 aliphatic rings. The van der Waals surface area contributed by atoms with Gasteiger partial charge in [-0.15, -0.1) is 0 Å². The second-order valence-corrected chi connectivity index (χ2v) is 9.67. The van der Waals surface area contributed by atoms with Crippen LogP contribution in [0.1, 0.15) is 36.0 Å². The lowest BCUT2D eigenvalue weighted by Crippen LogP contribution is -2.41. The van der Waals surface area contributed by atoms with Crippen molar-refractivity contribution in [2.24, 2.45) is 0 Å². The van der Waals surface area contributed by atoms with Gasteiger partial charge < -0.3 is 4.42 Å². The van der Waals surface area contributed by atoms with Crippen LogP contribution in [0.25, 0.3) is 11.1 Å². The molecule has 174 valence electrons. The van der Waals surface area contributed by atoms with E-state index in [1.54, 1.807) is 24.3 Å². The van der Waals surface area contributed by atoms with E-state index in [1.165, 1.54) is 33.1 Å². The molecule has 2 aromatic carbocycles. The Kier molecular flexibility index (Phi) is 6.61. The van der Waals surface area contributed by atoms with Crippen molar-refractivity contribution < 1.29 is 22.4 Å². The van der Waals surface area contributed by atoms with Gasteiger partial charge in [0.25, 0.3) is 5.91 Å². The Labute approximate surface area is 190 Å². The van der Waals surface area contributed by atoms with Gasteiger partial charge in [-0.2, -0.15) is 4.31 Å². The third-order valence-electron chi connectivity index (χ3n) is 5.49. The summed E-state index contributed by atoms with van der Waals surface area (Å²) in [6, 6.07) is 12.6. The van der Waals surface area contributed by atoms with E-state index in [9.17, 15) is 22.8 Å². The molecule has 0 aliphatic carbocycles. The molecule has 0 saturated carbocycles. The summed E-state index contributed by atoms with van der Waals surface area (Å²) in [5.41, 5.74) is 6.00. The van der Waals surface area contributed by atoms with Gasteiger partial charge in [0.1, 0.15) is 0 Å². The van der Waals surface area contributed by atoms with Gasteiger partial charge in [-0.1, -0.05) is 12.1 Å². The van der Waals surface area contributed by atoms with Crippen molar-refractivity contribution in [1.82, 2.24) is 19.7 Å². The third-order valence-corrected chi connectivity index (χ3v) is 7.41. The molecular formula is C22H24N4O6S. The van der Waals surface area contributed by atoms with Gasteiger partial charge in [-0.05, 0) is 55.7 Å². The van der Waals surface area contributed by atoms with Crippen molar-refractivity contribution in [3.8, 4) is 0 Å². The standard InChI is InChI=1S/C22H24N4O6S/c27-20(8-5-15-26-18-6-1-2-7-19(18)32-22(26)29)23-24-21(28)16-9-11-17(12-10-16)33(30,31)25-13-3-4-14-25/h1-2,6-7,9-12H,3-5,8,13-15H2,(H,23,27)(H,24,28). The summed E-state index contributed by atoms with van der Waals surface area (Å²) in [5.74, 6) is -1.47. The Balaban J connectivity index is 1.26. The number of benzene rings is 2. The van der Waals surface area contributed by atoms with Crippen molar-refractivity contribution in [3.05, 3.63) is 64.6 Å². The summed E-state index contributed by atoms with van der Waals surface area (Å²) < 4.78 is 33.1. The first-order chi connectivity index (χ1) is 15.9. The number of nitrogens with one attached hydrogen (secondary N) is 2. The average Bonchev–Trinajstić information content (AvgIpc) is 3.46. The van der Waals surface area contributed by atoms with Crippen molar-refractivity contribution in [3.63, 3.8) is 0 Å². The zero-order valence-corrected chi connectivity index (χ0v) is 18.6. The van der Waals surface area contributed by atoms with Gasteiger partial charge in [-0.3, -0.25) is 25.0 Å². The van der Waals surface area contributed by atoms with Gasteiger partial charge in [0, 0.05) is 31.6 Å². The van der Waals surface area contributed by atoms with E-state index in [0.717, 1.165) is 12.8 Å². The van der Waals surface area contributed by atoms with Gasteiger partial charge in [0.05, 0.1) is 10.4 Å². The molecule has 4 rings (SSSR count). The van der Waals surface area contributed by atoms with Gasteiger partial charge >= 0.3 is 5.76 Å². The summed E-state index contributed by atoms with van der Waals surface area (Å²) in [5, 5.41) is 0. The van der Waals surface area contributed by atoms with E-state index in [1.807, 2.05) is 0 Å². The summed E-state index contributed by atoms with van der Waals surface area (Å²) >= 11 is 0. The van der Waals surface area contributed by atoms with Crippen LogP contribution in [0.5, 0.6) is 0 Å². The molecule has 11 heteroatoms. The predicted molar refractivity (Wildman–Crippen MR) is 120 cm³/mol. The van der Waals surface area contributed by atoms with Crippen molar-refractivity contribution in [2.75, 3.05) is 13.1 Å². The Morgan fingerprint density at radius 3 is 2.39 bits per heavy atom. The smallest absolute Gasteiger partial charge is 0.408 e. The molecule has 1 aromatic heterocycles. The maximum atomic E-state index is 12.6. The van der Waals surface area contributed by atoms with Crippen LogP contribution < -0.4 is 16.6 Å². The molecule has 0 bridgehead atoms. The van der Waals surface area contributed by atoms with E-state index >= 15 is 0 Å². The van der Waals surface area contributed by atoms with Crippen LogP contribution in [-0.2, 0) is 21.4 Å². The second kappa shape index (κ2) is 9.59. The normalized spacial score (nSPS) is 14.4. The van der Waals surface area contributed by atoms with Crippen LogP contribution in [0.4, 0.5) is 0 Å². The lowest BCUT2D eigenvalue weighted by atomic mass is 10.2. The monoisotopic (exact) mass is 472 g/mol. The second-order valence-electron chi connectivity index (χ2n) is 7.73. The van der Waals surface area contributed by atoms with E-state index in [4.69, 9.17) is 4.42 Å². The Hall–Kier alpha value is -3.44. The van der Waals surface area contributed by atoms with Crippen LogP contribution in [-0.4, -0.2) is 42.2 Å². The fraction of sp³-hybridized carbons (Fsp3) is 0.318. The molecule has 0 atom stereocenters. The highest BCUT2D eigenvalue weighted by molar-refractivity contribution is 7.89. The Morgan fingerprint density at radius 1 is 0.970 bits per heavy atom. The van der Waals surface area contributed by atoms with Crippen molar-refractivity contribution in [2.45, 2.75) is 37.1 Å². The number of carbonyl (C=O) groups is 2. The van der Waals surface area contributed by atoms with E-state index in [-0.39, 0.29) is 16.9 Å². The number of sulfonamides is 1. The minimum absolute atomic E-state index is 0.0826. The lowest BCUT2D eigenvalue weighted by molar-refractivity contribution is -0.122. The number of hydrazine groups is 1. The molecule has 1 fully saturated rings. The maximum Gasteiger partial charge on any atom is 0.419 e. The first-order valence-corrected chi connectivity index (χ1v) is 12.1. The van der Waals surface area contributed by atoms with E-state index in [2.05, 4.69) is 10.9 Å². The lowest BCUT2D eigenvalue weighted by Gasteiger charge is -2.15. The molecule has 2 N–H and O–H groups in total. The van der Waals surface area contributed by atoms with Crippen LogP contribution in [0, 0.1) is 0 Å². The summed E-state index contributed by atoms with van der Waals surface area (Å²) in [4.78, 5) is 36.4. The number of aryl methyl sites for hydroxylation is 1. The van der Waals surface area contributed by atoms with E-state index < -0.39 is 27.6 Å². The quantitative estimate of drug-likeness (QED) is 0.503. The van der Waals surface area contributed by atoms with E-state index in [0.29, 0.717) is 37.2 Å². The summed E-state index contributed by atoms with van der Waals surface area (Å²) in [6.45, 7) is 1.30. The molecule has 0 unspecified atom stereocenters. The number of rotatable bonds is 7. The minimum atomic E-state index is -3.55. The van der Waals surface area contributed by atoms with Crippen molar-refractivity contribution in [1.29, 1.82) is 0 Å². The molecule has 2 heterocycles. The highest BCUT2D eigenvalue weighted by Gasteiger charge is 2.27. The number of carbonyl (C=O) groups excluding carboxylic acids is 2. The minimum Gasteiger partial charge on any atom is -0.408 e. The van der Waals surface area contributed by atoms with Crippen molar-refractivity contribution >= 4 is 32.9 Å². The van der Waals surface area contributed by atoms with Crippen LogP contribution in [0.3, 0.4) is 0 Å². The number of para-hydroxylation sites is 2. The number of hydrogen-bond donors (Lipinski definition) is 2. The molecule has 2 amide bonds. The highest BCUT2D eigenvalue weighted by Crippen LogP contribution is 2.21. The number of amides is 2. The number of oxazole rings is 1. The zero-order chi connectivity index (χ0) is 23.4.